The van der Waals surface area contributed by atoms with Gasteiger partial charge in [0.05, 0.1) is 6.61 Å². The van der Waals surface area contributed by atoms with E-state index in [0.29, 0.717) is 0 Å². The van der Waals surface area contributed by atoms with Gasteiger partial charge in [0.2, 0.25) is 5.91 Å². The predicted octanol–water partition coefficient (Wildman–Crippen LogP) is 2.56. The maximum Gasteiger partial charge on any atom is 0.242 e. The van der Waals surface area contributed by atoms with E-state index in [2.05, 4.69) is 17.6 Å². The van der Waals surface area contributed by atoms with E-state index >= 15 is 0 Å². The molecule has 0 spiro atoms. The summed E-state index contributed by atoms with van der Waals surface area (Å²) in [5.74, 6) is 0.974. The quantitative estimate of drug-likeness (QED) is 0.857. The van der Waals surface area contributed by atoms with Gasteiger partial charge in [-0.25, -0.2) is 0 Å². The second-order valence-corrected chi connectivity index (χ2v) is 4.86. The van der Waals surface area contributed by atoms with Gasteiger partial charge >= 0.3 is 0 Å². The number of hydrogen-bond donors (Lipinski definition) is 2. The van der Waals surface area contributed by atoms with Crippen LogP contribution < -0.4 is 15.4 Å². The van der Waals surface area contributed by atoms with Gasteiger partial charge in [0.1, 0.15) is 11.8 Å². The molecule has 1 heterocycles. The van der Waals surface area contributed by atoms with Crippen LogP contribution in [-0.2, 0) is 4.79 Å². The first-order chi connectivity index (χ1) is 9.29. The molecule has 1 amide bonds. The second-order valence-electron chi connectivity index (χ2n) is 4.86. The van der Waals surface area contributed by atoms with Crippen molar-refractivity contribution in [1.29, 1.82) is 0 Å². The van der Waals surface area contributed by atoms with Crippen molar-refractivity contribution < 1.29 is 9.53 Å². The van der Waals surface area contributed by atoms with E-state index in [1.54, 1.807) is 0 Å². The van der Waals surface area contributed by atoms with Gasteiger partial charge in [0.15, 0.2) is 0 Å². The van der Waals surface area contributed by atoms with Gasteiger partial charge in [-0.15, -0.1) is 0 Å². The molecule has 1 fully saturated rings. The maximum absolute atomic E-state index is 11.8. The lowest BCUT2D eigenvalue weighted by Crippen LogP contribution is -2.37. The van der Waals surface area contributed by atoms with Crippen molar-refractivity contribution in [3.63, 3.8) is 0 Å². The van der Waals surface area contributed by atoms with Crippen LogP contribution in [0.25, 0.3) is 0 Å². The lowest BCUT2D eigenvalue weighted by Gasteiger charge is -2.16. The zero-order valence-electron chi connectivity index (χ0n) is 11.4. The molecular formula is C15H22N2O2. The molecule has 1 aromatic carbocycles. The van der Waals surface area contributed by atoms with E-state index in [-0.39, 0.29) is 11.9 Å². The molecule has 19 heavy (non-hydrogen) atoms. The lowest BCUT2D eigenvalue weighted by atomic mass is 10.1. The molecule has 1 unspecified atom stereocenters. The minimum Gasteiger partial charge on any atom is -0.494 e. The predicted molar refractivity (Wildman–Crippen MR) is 76.5 cm³/mol. The van der Waals surface area contributed by atoms with Crippen LogP contribution in [0.5, 0.6) is 5.75 Å². The maximum atomic E-state index is 11.8. The number of benzene rings is 1. The normalized spacial score (nSPS) is 19.4. The number of nitrogens with one attached hydrogen (secondary N) is 2. The average molecular weight is 262 g/mol. The number of carbonyl (C=O) groups is 1. The highest BCUT2D eigenvalue weighted by Crippen LogP contribution is 2.18. The summed E-state index contributed by atoms with van der Waals surface area (Å²) in [6.07, 6.45) is 4.03. The van der Waals surface area contributed by atoms with Crippen molar-refractivity contribution >= 4 is 11.6 Å². The Morgan fingerprint density at radius 3 is 2.84 bits per heavy atom. The first-order valence-electron chi connectivity index (χ1n) is 7.06. The Labute approximate surface area is 114 Å². The van der Waals surface area contributed by atoms with Crippen LogP contribution in [0.4, 0.5) is 5.69 Å². The molecule has 4 heteroatoms. The van der Waals surface area contributed by atoms with Crippen LogP contribution in [0.2, 0.25) is 0 Å². The van der Waals surface area contributed by atoms with Crippen molar-refractivity contribution in [3.8, 4) is 5.75 Å². The van der Waals surface area contributed by atoms with Gasteiger partial charge in [0, 0.05) is 12.2 Å². The molecule has 4 nitrogen and oxygen atoms in total. The third-order valence-corrected chi connectivity index (χ3v) is 3.20. The summed E-state index contributed by atoms with van der Waals surface area (Å²) in [6.45, 7) is 3.61. The zero-order valence-corrected chi connectivity index (χ0v) is 11.4. The summed E-state index contributed by atoms with van der Waals surface area (Å²) in [5.41, 5.74) is 0.964. The number of carbonyl (C=O) groups excluding carboxylic acids is 1. The molecule has 0 radical (unpaired) electrons. The first-order valence-corrected chi connectivity index (χ1v) is 7.06. The number of rotatable bonds is 5. The summed E-state index contributed by atoms with van der Waals surface area (Å²) >= 11 is 0. The van der Waals surface area contributed by atoms with Crippen LogP contribution in [0, 0.1) is 0 Å². The highest BCUT2D eigenvalue weighted by molar-refractivity contribution is 5.84. The molecule has 2 N–H and O–H groups in total. The van der Waals surface area contributed by atoms with Crippen molar-refractivity contribution in [2.75, 3.05) is 18.5 Å². The fourth-order valence-corrected chi connectivity index (χ4v) is 2.15. The van der Waals surface area contributed by atoms with E-state index in [9.17, 15) is 4.79 Å². The van der Waals surface area contributed by atoms with Crippen LogP contribution in [0.15, 0.2) is 24.3 Å². The standard InChI is InChI=1S/C15H22N2O2/c1-2-11-19-13-8-6-12(7-9-13)17-14-5-3-4-10-16-15(14)18/h6-9,14,17H,2-5,10-11H2,1H3,(H,16,18). The Morgan fingerprint density at radius 1 is 1.32 bits per heavy atom. The van der Waals surface area contributed by atoms with E-state index < -0.39 is 0 Å². The van der Waals surface area contributed by atoms with E-state index in [1.807, 2.05) is 24.3 Å². The van der Waals surface area contributed by atoms with Gasteiger partial charge in [-0.2, -0.15) is 0 Å². The monoisotopic (exact) mass is 262 g/mol. The molecule has 104 valence electrons. The third kappa shape index (κ3) is 4.16. The summed E-state index contributed by atoms with van der Waals surface area (Å²) < 4.78 is 5.53. The molecule has 1 aromatic rings. The zero-order chi connectivity index (χ0) is 13.5. The Balaban J connectivity index is 1.92. The summed E-state index contributed by atoms with van der Waals surface area (Å²) in [5, 5.41) is 6.21. The Kier molecular flexibility index (Phi) is 5.07. The fraction of sp³-hybridized carbons (Fsp3) is 0.533. The van der Waals surface area contributed by atoms with Crippen molar-refractivity contribution in [2.24, 2.45) is 0 Å². The fourth-order valence-electron chi connectivity index (χ4n) is 2.15. The van der Waals surface area contributed by atoms with Crippen LogP contribution in [0.1, 0.15) is 32.6 Å². The van der Waals surface area contributed by atoms with Gasteiger partial charge < -0.3 is 15.4 Å². The molecular weight excluding hydrogens is 240 g/mol. The molecule has 0 saturated carbocycles. The Bertz CT molecular complexity index is 403. The molecule has 1 saturated heterocycles. The van der Waals surface area contributed by atoms with Crippen LogP contribution in [-0.4, -0.2) is 25.1 Å². The molecule has 1 aliphatic heterocycles. The third-order valence-electron chi connectivity index (χ3n) is 3.20. The van der Waals surface area contributed by atoms with E-state index in [0.717, 1.165) is 50.3 Å². The van der Waals surface area contributed by atoms with Crippen LogP contribution in [0.3, 0.4) is 0 Å². The summed E-state index contributed by atoms with van der Waals surface area (Å²) in [4.78, 5) is 11.8. The van der Waals surface area contributed by atoms with Gasteiger partial charge in [-0.3, -0.25) is 4.79 Å². The largest absolute Gasteiger partial charge is 0.494 e. The van der Waals surface area contributed by atoms with E-state index in [4.69, 9.17) is 4.74 Å². The number of anilines is 1. The van der Waals surface area contributed by atoms with Crippen molar-refractivity contribution in [2.45, 2.75) is 38.6 Å². The molecule has 0 aliphatic carbocycles. The van der Waals surface area contributed by atoms with Gasteiger partial charge in [-0.1, -0.05) is 6.92 Å². The summed E-state index contributed by atoms with van der Waals surface area (Å²) in [7, 11) is 0. The van der Waals surface area contributed by atoms with Crippen LogP contribution >= 0.6 is 0 Å². The van der Waals surface area contributed by atoms with E-state index in [1.165, 1.54) is 0 Å². The topological polar surface area (TPSA) is 50.4 Å². The smallest absolute Gasteiger partial charge is 0.242 e. The first kappa shape index (κ1) is 13.7. The number of amides is 1. The molecule has 0 bridgehead atoms. The number of ether oxygens (including phenoxy) is 1. The second kappa shape index (κ2) is 7.02. The van der Waals surface area contributed by atoms with Gasteiger partial charge in [0.25, 0.3) is 0 Å². The molecule has 1 atom stereocenters. The van der Waals surface area contributed by atoms with Gasteiger partial charge in [-0.05, 0) is 49.9 Å². The lowest BCUT2D eigenvalue weighted by molar-refractivity contribution is -0.121. The Morgan fingerprint density at radius 2 is 2.11 bits per heavy atom. The van der Waals surface area contributed by atoms with Crippen molar-refractivity contribution in [3.05, 3.63) is 24.3 Å². The average Bonchev–Trinajstić information content (AvgIpc) is 2.63. The molecule has 1 aliphatic rings. The minimum absolute atomic E-state index is 0.101. The highest BCUT2D eigenvalue weighted by Gasteiger charge is 2.19. The summed E-state index contributed by atoms with van der Waals surface area (Å²) in [6, 6.07) is 7.68. The molecule has 2 rings (SSSR count). The number of hydrogen-bond acceptors (Lipinski definition) is 3. The highest BCUT2D eigenvalue weighted by atomic mass is 16.5. The molecule has 0 aromatic heterocycles. The SMILES string of the molecule is CCCOc1ccc(NC2CCCCNC2=O)cc1. The van der Waals surface area contributed by atoms with Crippen molar-refractivity contribution in [1.82, 2.24) is 5.32 Å². The minimum atomic E-state index is -0.120. The Hall–Kier alpha value is -1.71.